The largest absolute Gasteiger partial charge is 0.393 e. The molecule has 3 unspecified atom stereocenters. The highest BCUT2D eigenvalue weighted by Gasteiger charge is 2.43. The predicted octanol–water partition coefficient (Wildman–Crippen LogP) is 2.80. The Hall–Kier alpha value is -1.31. The van der Waals surface area contributed by atoms with Crippen LogP contribution >= 0.6 is 0 Å². The zero-order valence-corrected chi connectivity index (χ0v) is 16.4. The molecule has 0 bridgehead atoms. The SMILES string of the molecule is CCCCNC(=O)C1CCC(C)N(CC(=O)N2CCCC(C(F)(F)F)C2)C1. The van der Waals surface area contributed by atoms with E-state index in [1.54, 1.807) is 0 Å². The fraction of sp³-hybridized carbons (Fsp3) is 0.895. The molecule has 2 aliphatic heterocycles. The third-order valence-electron chi connectivity index (χ3n) is 5.79. The highest BCUT2D eigenvalue weighted by Crippen LogP contribution is 2.33. The van der Waals surface area contributed by atoms with Crippen LogP contribution in [0.3, 0.4) is 0 Å². The maximum Gasteiger partial charge on any atom is 0.393 e. The Balaban J connectivity index is 1.88. The van der Waals surface area contributed by atoms with Gasteiger partial charge in [0.15, 0.2) is 0 Å². The summed E-state index contributed by atoms with van der Waals surface area (Å²) in [7, 11) is 0. The van der Waals surface area contributed by atoms with Crippen molar-refractivity contribution >= 4 is 11.8 Å². The molecule has 2 fully saturated rings. The maximum absolute atomic E-state index is 13.0. The van der Waals surface area contributed by atoms with Crippen LogP contribution in [0.5, 0.6) is 0 Å². The number of hydrogen-bond donors (Lipinski definition) is 1. The molecule has 0 saturated carbocycles. The summed E-state index contributed by atoms with van der Waals surface area (Å²) < 4.78 is 38.9. The molecule has 0 aliphatic carbocycles. The third-order valence-corrected chi connectivity index (χ3v) is 5.79. The quantitative estimate of drug-likeness (QED) is 0.709. The Morgan fingerprint density at radius 2 is 1.89 bits per heavy atom. The van der Waals surface area contributed by atoms with E-state index in [2.05, 4.69) is 12.2 Å². The van der Waals surface area contributed by atoms with Crippen LogP contribution in [0, 0.1) is 11.8 Å². The van der Waals surface area contributed by atoms with Crippen LogP contribution in [-0.2, 0) is 9.59 Å². The zero-order valence-electron chi connectivity index (χ0n) is 16.4. The van der Waals surface area contributed by atoms with Crippen molar-refractivity contribution < 1.29 is 22.8 Å². The van der Waals surface area contributed by atoms with Crippen molar-refractivity contribution in [3.05, 3.63) is 0 Å². The zero-order chi connectivity index (χ0) is 20.0. The average molecular weight is 391 g/mol. The number of nitrogens with one attached hydrogen (secondary N) is 1. The van der Waals surface area contributed by atoms with Crippen LogP contribution in [0.4, 0.5) is 13.2 Å². The Morgan fingerprint density at radius 3 is 2.56 bits per heavy atom. The van der Waals surface area contributed by atoms with Gasteiger partial charge in [0.1, 0.15) is 0 Å². The molecule has 5 nitrogen and oxygen atoms in total. The number of alkyl halides is 3. The first-order valence-corrected chi connectivity index (χ1v) is 10.1. The summed E-state index contributed by atoms with van der Waals surface area (Å²) >= 11 is 0. The second kappa shape index (κ2) is 9.75. The van der Waals surface area contributed by atoms with Gasteiger partial charge in [-0.25, -0.2) is 0 Å². The van der Waals surface area contributed by atoms with E-state index in [1.807, 2.05) is 11.8 Å². The van der Waals surface area contributed by atoms with Gasteiger partial charge in [-0.2, -0.15) is 13.2 Å². The van der Waals surface area contributed by atoms with E-state index in [9.17, 15) is 22.8 Å². The molecule has 27 heavy (non-hydrogen) atoms. The molecule has 2 aliphatic rings. The van der Waals surface area contributed by atoms with Crippen molar-refractivity contribution in [3.8, 4) is 0 Å². The van der Waals surface area contributed by atoms with E-state index in [0.29, 0.717) is 26.1 Å². The van der Waals surface area contributed by atoms with Gasteiger partial charge < -0.3 is 10.2 Å². The lowest BCUT2D eigenvalue weighted by molar-refractivity contribution is -0.188. The smallest absolute Gasteiger partial charge is 0.356 e. The van der Waals surface area contributed by atoms with Crippen LogP contribution in [0.2, 0.25) is 0 Å². The summed E-state index contributed by atoms with van der Waals surface area (Å²) in [6.07, 6.45) is -0.238. The Kier molecular flexibility index (Phi) is 7.94. The van der Waals surface area contributed by atoms with Gasteiger partial charge in [-0.1, -0.05) is 13.3 Å². The lowest BCUT2D eigenvalue weighted by Gasteiger charge is -2.39. The number of likely N-dealkylation sites (tertiary alicyclic amines) is 2. The number of carbonyl (C=O) groups is 2. The second-order valence-electron chi connectivity index (χ2n) is 7.92. The average Bonchev–Trinajstić information content (AvgIpc) is 2.63. The Bertz CT molecular complexity index is 513. The molecule has 8 heteroatoms. The molecule has 2 rings (SSSR count). The molecule has 1 N–H and O–H groups in total. The third kappa shape index (κ3) is 6.36. The van der Waals surface area contributed by atoms with Gasteiger partial charge in [-0.15, -0.1) is 0 Å². The molecule has 0 radical (unpaired) electrons. The summed E-state index contributed by atoms with van der Waals surface area (Å²) in [5, 5.41) is 2.94. The van der Waals surface area contributed by atoms with Crippen molar-refractivity contribution in [2.24, 2.45) is 11.8 Å². The fourth-order valence-electron chi connectivity index (χ4n) is 3.89. The molecule has 3 atom stereocenters. The van der Waals surface area contributed by atoms with Gasteiger partial charge in [0.05, 0.1) is 18.4 Å². The highest BCUT2D eigenvalue weighted by molar-refractivity contribution is 5.80. The van der Waals surface area contributed by atoms with Crippen molar-refractivity contribution in [1.82, 2.24) is 15.1 Å². The molecule has 2 amide bonds. The molecule has 0 aromatic rings. The topological polar surface area (TPSA) is 52.7 Å². The van der Waals surface area contributed by atoms with E-state index in [-0.39, 0.29) is 43.3 Å². The van der Waals surface area contributed by atoms with Crippen LogP contribution in [0.15, 0.2) is 0 Å². The van der Waals surface area contributed by atoms with Crippen molar-refractivity contribution in [3.63, 3.8) is 0 Å². The summed E-state index contributed by atoms with van der Waals surface area (Å²) in [5.41, 5.74) is 0. The Labute approximate surface area is 159 Å². The van der Waals surface area contributed by atoms with Crippen LogP contribution < -0.4 is 5.32 Å². The van der Waals surface area contributed by atoms with E-state index in [0.717, 1.165) is 25.7 Å². The van der Waals surface area contributed by atoms with Crippen molar-refractivity contribution in [2.45, 2.75) is 64.6 Å². The molecule has 0 spiro atoms. The minimum absolute atomic E-state index is 0.0166. The molecule has 2 heterocycles. The first-order valence-electron chi connectivity index (χ1n) is 10.1. The van der Waals surface area contributed by atoms with E-state index >= 15 is 0 Å². The Morgan fingerprint density at radius 1 is 1.15 bits per heavy atom. The normalized spacial score (nSPS) is 27.4. The van der Waals surface area contributed by atoms with E-state index < -0.39 is 12.1 Å². The summed E-state index contributed by atoms with van der Waals surface area (Å²) in [4.78, 5) is 28.2. The summed E-state index contributed by atoms with van der Waals surface area (Å²) in [6, 6.07) is 0.150. The number of amides is 2. The standard InChI is InChI=1S/C19H32F3N3O2/c1-3-4-9-23-18(27)15-8-7-14(2)25(11-15)13-17(26)24-10-5-6-16(12-24)19(20,21)22/h14-16H,3-13H2,1-2H3,(H,23,27). The number of carbonyl (C=O) groups excluding carboxylic acids is 2. The molecule has 0 aromatic heterocycles. The van der Waals surface area contributed by atoms with Crippen LogP contribution in [-0.4, -0.2) is 66.6 Å². The second-order valence-corrected chi connectivity index (χ2v) is 7.92. The van der Waals surface area contributed by atoms with Crippen LogP contribution in [0.1, 0.15) is 52.4 Å². The number of piperidine rings is 2. The number of nitrogens with zero attached hydrogens (tertiary/aromatic N) is 2. The summed E-state index contributed by atoms with van der Waals surface area (Å²) in [6.45, 7) is 5.44. The minimum atomic E-state index is -4.25. The van der Waals surface area contributed by atoms with E-state index in [1.165, 1.54) is 4.90 Å². The first-order chi connectivity index (χ1) is 12.7. The number of unbranched alkanes of at least 4 members (excludes halogenated alkanes) is 1. The van der Waals surface area contributed by atoms with Crippen LogP contribution in [0.25, 0.3) is 0 Å². The molecule has 156 valence electrons. The monoisotopic (exact) mass is 391 g/mol. The van der Waals surface area contributed by atoms with Crippen molar-refractivity contribution in [1.29, 1.82) is 0 Å². The predicted molar refractivity (Wildman–Crippen MR) is 97.0 cm³/mol. The molecule has 2 saturated heterocycles. The van der Waals surface area contributed by atoms with Gasteiger partial charge in [0.2, 0.25) is 11.8 Å². The lowest BCUT2D eigenvalue weighted by atomic mass is 9.92. The number of rotatable bonds is 6. The molecular formula is C19H32F3N3O2. The maximum atomic E-state index is 13.0. The molecule has 0 aromatic carbocycles. The number of halogens is 3. The van der Waals surface area contributed by atoms with Gasteiger partial charge in [-0.05, 0) is 39.0 Å². The van der Waals surface area contributed by atoms with E-state index in [4.69, 9.17) is 0 Å². The first kappa shape index (κ1) is 22.0. The summed E-state index contributed by atoms with van der Waals surface area (Å²) in [5.74, 6) is -1.83. The fourth-order valence-corrected chi connectivity index (χ4v) is 3.89. The van der Waals surface area contributed by atoms with Crippen molar-refractivity contribution in [2.75, 3.05) is 32.7 Å². The van der Waals surface area contributed by atoms with Gasteiger partial charge in [0.25, 0.3) is 0 Å². The van der Waals surface area contributed by atoms with Gasteiger partial charge >= 0.3 is 6.18 Å². The number of hydrogen-bond acceptors (Lipinski definition) is 3. The van der Waals surface area contributed by atoms with Gasteiger partial charge in [0, 0.05) is 32.2 Å². The minimum Gasteiger partial charge on any atom is -0.356 e. The molecular weight excluding hydrogens is 359 g/mol. The van der Waals surface area contributed by atoms with Gasteiger partial charge in [-0.3, -0.25) is 14.5 Å². The lowest BCUT2D eigenvalue weighted by Crippen LogP contribution is -2.52. The highest BCUT2D eigenvalue weighted by atomic mass is 19.4.